The first-order chi connectivity index (χ1) is 8.04. The summed E-state index contributed by atoms with van der Waals surface area (Å²) in [6.07, 6.45) is -0.109. The molecule has 1 saturated carbocycles. The van der Waals surface area contributed by atoms with E-state index in [-0.39, 0.29) is 42.2 Å². The molecule has 0 spiro atoms. The predicted molar refractivity (Wildman–Crippen MR) is 63.7 cm³/mol. The summed E-state index contributed by atoms with van der Waals surface area (Å²) < 4.78 is 13.9. The van der Waals surface area contributed by atoms with E-state index in [9.17, 15) is 14.0 Å². The average Bonchev–Trinajstić information content (AvgIpc) is 2.58. The summed E-state index contributed by atoms with van der Waals surface area (Å²) in [5.41, 5.74) is -2.47. The van der Waals surface area contributed by atoms with Crippen LogP contribution in [0.5, 0.6) is 0 Å². The van der Waals surface area contributed by atoms with Gasteiger partial charge in [-0.25, -0.2) is 9.18 Å². The van der Waals surface area contributed by atoms with Gasteiger partial charge in [0.1, 0.15) is 0 Å². The number of amides is 1. The molecule has 1 aliphatic carbocycles. The van der Waals surface area contributed by atoms with Crippen molar-refractivity contribution in [1.82, 2.24) is 4.90 Å². The molecule has 0 aromatic heterocycles. The van der Waals surface area contributed by atoms with E-state index in [1.54, 1.807) is 0 Å². The van der Waals surface area contributed by atoms with Crippen LogP contribution in [0.4, 0.5) is 4.39 Å². The highest BCUT2D eigenvalue weighted by atomic mass is 19.1. The number of nitrogens with zero attached hydrogens (tertiary/aromatic N) is 1. The zero-order chi connectivity index (χ0) is 13.9. The zero-order valence-corrected chi connectivity index (χ0v) is 11.3. The molecule has 0 bridgehead atoms. The topological polar surface area (TPSA) is 57.6 Å². The quantitative estimate of drug-likeness (QED) is 0.819. The number of likely N-dealkylation sites (tertiary alicyclic amines) is 1. The molecule has 1 N–H and O–H groups in total. The highest BCUT2D eigenvalue weighted by molar-refractivity contribution is 5.86. The molecule has 1 saturated heterocycles. The zero-order valence-electron chi connectivity index (χ0n) is 11.3. The Kier molecular flexibility index (Phi) is 2.55. The van der Waals surface area contributed by atoms with Crippen LogP contribution in [0.15, 0.2) is 0 Å². The Morgan fingerprint density at radius 1 is 1.22 bits per heavy atom. The van der Waals surface area contributed by atoms with Crippen LogP contribution in [-0.4, -0.2) is 40.6 Å². The second kappa shape index (κ2) is 3.45. The van der Waals surface area contributed by atoms with Gasteiger partial charge in [-0.3, -0.25) is 4.79 Å². The third kappa shape index (κ3) is 1.56. The van der Waals surface area contributed by atoms with Crippen LogP contribution in [0.1, 0.15) is 34.1 Å². The van der Waals surface area contributed by atoms with Gasteiger partial charge in [0.2, 0.25) is 11.6 Å². The van der Waals surface area contributed by atoms with Gasteiger partial charge in [0, 0.05) is 18.9 Å². The minimum Gasteiger partial charge on any atom is -0.479 e. The number of carbonyl (C=O) groups excluding carboxylic acids is 1. The number of carboxylic acid groups (broad SMARTS) is 1. The van der Waals surface area contributed by atoms with Crippen molar-refractivity contribution in [2.24, 2.45) is 16.7 Å². The third-order valence-corrected chi connectivity index (χ3v) is 5.18. The summed E-state index contributed by atoms with van der Waals surface area (Å²) in [6.45, 7) is 7.96. The fraction of sp³-hybridized carbons (Fsp3) is 0.846. The van der Waals surface area contributed by atoms with Gasteiger partial charge in [0.25, 0.3) is 0 Å². The van der Waals surface area contributed by atoms with E-state index in [0.29, 0.717) is 0 Å². The summed E-state index contributed by atoms with van der Waals surface area (Å²) in [5.74, 6) is -1.71. The summed E-state index contributed by atoms with van der Waals surface area (Å²) in [6, 6.07) is 0. The second-order valence-electron chi connectivity index (χ2n) is 6.66. The number of halogens is 1. The Balaban J connectivity index is 2.09. The molecule has 0 radical (unpaired) electrons. The van der Waals surface area contributed by atoms with E-state index in [1.807, 2.05) is 27.7 Å². The fourth-order valence-corrected chi connectivity index (χ4v) is 3.13. The molecule has 18 heavy (non-hydrogen) atoms. The molecular weight excluding hydrogens is 237 g/mol. The first-order valence-corrected chi connectivity index (χ1v) is 6.25. The maximum absolute atomic E-state index is 13.9. The summed E-state index contributed by atoms with van der Waals surface area (Å²) in [4.78, 5) is 24.5. The van der Waals surface area contributed by atoms with Crippen molar-refractivity contribution < 1.29 is 19.1 Å². The molecule has 5 heteroatoms. The Morgan fingerprint density at radius 2 is 1.72 bits per heavy atom. The molecular formula is C13H20FNO3. The highest BCUT2D eigenvalue weighted by Crippen LogP contribution is 2.68. The predicted octanol–water partition coefficient (Wildman–Crippen LogP) is 1.69. The number of rotatable bonds is 2. The molecule has 1 heterocycles. The molecule has 4 nitrogen and oxygen atoms in total. The van der Waals surface area contributed by atoms with Crippen LogP contribution in [0.25, 0.3) is 0 Å². The van der Waals surface area contributed by atoms with Gasteiger partial charge in [0.15, 0.2) is 0 Å². The van der Waals surface area contributed by atoms with E-state index in [0.717, 1.165) is 0 Å². The van der Waals surface area contributed by atoms with E-state index in [1.165, 1.54) is 4.90 Å². The van der Waals surface area contributed by atoms with Crippen molar-refractivity contribution in [1.29, 1.82) is 0 Å². The molecule has 2 fully saturated rings. The molecule has 1 unspecified atom stereocenters. The maximum Gasteiger partial charge on any atom is 0.343 e. The van der Waals surface area contributed by atoms with Gasteiger partial charge in [-0.05, 0) is 10.8 Å². The van der Waals surface area contributed by atoms with E-state index >= 15 is 0 Å². The number of carboxylic acids is 1. The minimum atomic E-state index is -2.27. The molecule has 0 aromatic rings. The standard InChI is InChI=1S/C13H20FNO3/c1-11(2)8(12(11,3)4)9(16)15-6-5-13(14,7-15)10(17)18/h8H,5-7H2,1-4H3,(H,17,18). The number of carbonyl (C=O) groups is 2. The van der Waals surface area contributed by atoms with Gasteiger partial charge in [-0.1, -0.05) is 27.7 Å². The van der Waals surface area contributed by atoms with Gasteiger partial charge >= 0.3 is 5.97 Å². The number of aliphatic carboxylic acids is 1. The monoisotopic (exact) mass is 257 g/mol. The molecule has 2 rings (SSSR count). The summed E-state index contributed by atoms with van der Waals surface area (Å²) in [5, 5.41) is 8.82. The number of hydrogen-bond acceptors (Lipinski definition) is 2. The Labute approximate surface area is 106 Å². The first-order valence-electron chi connectivity index (χ1n) is 6.25. The van der Waals surface area contributed by atoms with Crippen LogP contribution in [0.2, 0.25) is 0 Å². The molecule has 0 aromatic carbocycles. The lowest BCUT2D eigenvalue weighted by atomic mass is 10.0. The molecule has 1 atom stereocenters. The summed E-state index contributed by atoms with van der Waals surface area (Å²) in [7, 11) is 0. The van der Waals surface area contributed by atoms with Gasteiger partial charge in [-0.2, -0.15) is 0 Å². The van der Waals surface area contributed by atoms with Crippen LogP contribution < -0.4 is 0 Å². The van der Waals surface area contributed by atoms with Gasteiger partial charge < -0.3 is 10.0 Å². The maximum atomic E-state index is 13.9. The Bertz CT molecular complexity index is 404. The SMILES string of the molecule is CC1(C)C(C(=O)N2CCC(F)(C(=O)O)C2)C1(C)C. The molecule has 1 aliphatic heterocycles. The fourth-order valence-electron chi connectivity index (χ4n) is 3.13. The molecule has 1 amide bonds. The van der Waals surface area contributed by atoms with E-state index in [4.69, 9.17) is 5.11 Å². The van der Waals surface area contributed by atoms with Crippen LogP contribution in [0, 0.1) is 16.7 Å². The van der Waals surface area contributed by atoms with Crippen molar-refractivity contribution in [2.75, 3.05) is 13.1 Å². The molecule has 2 aliphatic rings. The third-order valence-electron chi connectivity index (χ3n) is 5.18. The lowest BCUT2D eigenvalue weighted by Crippen LogP contribution is -2.40. The number of alkyl halides is 1. The van der Waals surface area contributed by atoms with Gasteiger partial charge in [0.05, 0.1) is 6.54 Å². The first kappa shape index (κ1) is 13.3. The van der Waals surface area contributed by atoms with E-state index < -0.39 is 11.6 Å². The average molecular weight is 257 g/mol. The van der Waals surface area contributed by atoms with Crippen molar-refractivity contribution in [3.8, 4) is 0 Å². The van der Waals surface area contributed by atoms with Gasteiger partial charge in [-0.15, -0.1) is 0 Å². The van der Waals surface area contributed by atoms with Crippen LogP contribution in [-0.2, 0) is 9.59 Å². The van der Waals surface area contributed by atoms with Crippen LogP contribution in [0.3, 0.4) is 0 Å². The molecule has 102 valence electrons. The van der Waals surface area contributed by atoms with Crippen molar-refractivity contribution in [2.45, 2.75) is 39.8 Å². The van der Waals surface area contributed by atoms with Crippen molar-refractivity contribution >= 4 is 11.9 Å². The van der Waals surface area contributed by atoms with Crippen LogP contribution >= 0.6 is 0 Å². The smallest absolute Gasteiger partial charge is 0.343 e. The largest absolute Gasteiger partial charge is 0.479 e. The lowest BCUT2D eigenvalue weighted by molar-refractivity contribution is -0.150. The normalized spacial score (nSPS) is 33.5. The van der Waals surface area contributed by atoms with Crippen molar-refractivity contribution in [3.63, 3.8) is 0 Å². The number of hydrogen-bond donors (Lipinski definition) is 1. The Hall–Kier alpha value is -1.13. The Morgan fingerprint density at radius 3 is 2.06 bits per heavy atom. The highest BCUT2D eigenvalue weighted by Gasteiger charge is 2.69. The lowest BCUT2D eigenvalue weighted by Gasteiger charge is -2.18. The summed E-state index contributed by atoms with van der Waals surface area (Å²) >= 11 is 0. The minimum absolute atomic E-state index is 0.102. The second-order valence-corrected chi connectivity index (χ2v) is 6.66. The van der Waals surface area contributed by atoms with E-state index in [2.05, 4.69) is 0 Å². The van der Waals surface area contributed by atoms with Crippen molar-refractivity contribution in [3.05, 3.63) is 0 Å².